The number of amides is 1. The number of piperazine rings is 1. The molecule has 0 aromatic heterocycles. The normalized spacial score (nSPS) is 25.7. The summed E-state index contributed by atoms with van der Waals surface area (Å²) in [4.78, 5) is 17.3. The lowest BCUT2D eigenvalue weighted by Gasteiger charge is -2.40. The molecule has 30 heavy (non-hydrogen) atoms. The highest BCUT2D eigenvalue weighted by molar-refractivity contribution is 7.51. The second-order valence-electron chi connectivity index (χ2n) is 8.32. The highest BCUT2D eigenvalue weighted by Crippen LogP contribution is 2.46. The Bertz CT molecular complexity index is 908. The van der Waals surface area contributed by atoms with Crippen LogP contribution in [0, 0.1) is 0 Å². The first-order valence-corrected chi connectivity index (χ1v) is 12.0. The van der Waals surface area contributed by atoms with Crippen LogP contribution in [0.25, 0.3) is 5.31 Å². The molecule has 0 spiro atoms. The van der Waals surface area contributed by atoms with Gasteiger partial charge in [-0.2, -0.15) is 0 Å². The molecule has 0 aliphatic carbocycles. The van der Waals surface area contributed by atoms with E-state index in [2.05, 4.69) is 55.3 Å². The van der Waals surface area contributed by atoms with Gasteiger partial charge in [0.2, 0.25) is 0 Å². The van der Waals surface area contributed by atoms with Crippen LogP contribution in [0.2, 0.25) is 0 Å². The summed E-state index contributed by atoms with van der Waals surface area (Å²) in [7, 11) is 2.25. The van der Waals surface area contributed by atoms with Crippen LogP contribution in [-0.4, -0.2) is 54.3 Å². The van der Waals surface area contributed by atoms with E-state index in [1.54, 1.807) is 7.11 Å². The number of rotatable bonds is 5. The van der Waals surface area contributed by atoms with E-state index in [-0.39, 0.29) is 11.7 Å². The lowest BCUT2D eigenvalue weighted by molar-refractivity contribution is -0.123. The van der Waals surface area contributed by atoms with Gasteiger partial charge in [-0.1, -0.05) is 34.6 Å². The summed E-state index contributed by atoms with van der Waals surface area (Å²) < 4.78 is 5.58. The number of carbonyl (C=O) groups excluding carboxylic acids is 1. The van der Waals surface area contributed by atoms with Gasteiger partial charge in [0.25, 0.3) is 5.91 Å². The van der Waals surface area contributed by atoms with Crippen molar-refractivity contribution in [3.63, 3.8) is 0 Å². The molecule has 3 aliphatic heterocycles. The summed E-state index contributed by atoms with van der Waals surface area (Å²) >= 11 is 0. The monoisotopic (exact) mass is 425 g/mol. The molecule has 5 nitrogen and oxygen atoms in total. The number of nitrogens with zero attached hydrogens (tertiary/aromatic N) is 2. The van der Waals surface area contributed by atoms with Crippen LogP contribution in [0.1, 0.15) is 44.2 Å². The van der Waals surface area contributed by atoms with E-state index < -0.39 is 0 Å². The van der Waals surface area contributed by atoms with Gasteiger partial charge < -0.3 is 19.9 Å². The second-order valence-corrected chi connectivity index (χ2v) is 9.74. The Morgan fingerprint density at radius 3 is 2.93 bits per heavy atom. The topological polar surface area (TPSA) is 44.8 Å². The van der Waals surface area contributed by atoms with Crippen LogP contribution in [0.15, 0.2) is 48.3 Å². The number of nitrogens with one attached hydrogen (secondary N) is 1. The smallest absolute Gasteiger partial charge is 0.252 e. The molecule has 6 heteroatoms. The van der Waals surface area contributed by atoms with Gasteiger partial charge in [-0.3, -0.25) is 4.79 Å². The van der Waals surface area contributed by atoms with Crippen molar-refractivity contribution in [3.8, 4) is 5.75 Å². The Morgan fingerprint density at radius 1 is 1.37 bits per heavy atom. The third kappa shape index (κ3) is 4.06. The minimum atomic E-state index is 0.0688. The lowest BCUT2D eigenvalue weighted by Crippen LogP contribution is -2.50. The van der Waals surface area contributed by atoms with E-state index in [1.807, 2.05) is 23.2 Å². The van der Waals surface area contributed by atoms with Crippen molar-refractivity contribution in [2.45, 2.75) is 44.9 Å². The van der Waals surface area contributed by atoms with E-state index in [9.17, 15) is 4.79 Å². The summed E-state index contributed by atoms with van der Waals surface area (Å²) in [5.41, 5.74) is 3.49. The molecule has 1 N–H and O–H groups in total. The zero-order chi connectivity index (χ0) is 21.3. The fraction of sp³-hybridized carbons (Fsp3) is 0.458. The molecule has 0 radical (unpaired) electrons. The fourth-order valence-corrected chi connectivity index (χ4v) is 5.71. The number of methoxy groups -OCH3 is 1. The Kier molecular flexibility index (Phi) is 6.31. The van der Waals surface area contributed by atoms with Gasteiger partial charge in [-0.05, 0) is 53.9 Å². The SMILES string of the molecule is CCC(C)c1cc(C2=CC(=O)N3C=C(N4CCNC[C@H]4C)C=CC3P2)ccc1OC. The van der Waals surface area contributed by atoms with E-state index in [4.69, 9.17) is 4.74 Å². The standard InChI is InChI=1S/C24H32N3O2P/c1-5-16(2)20-12-18(6-8-21(20)29-4)22-13-23(28)27-15-19(7-9-24(27)30-22)26-11-10-25-14-17(26)3/h6-9,12-13,15-17,24-25,30H,5,10-11,14H2,1-4H3/t16?,17-,24?/m1/s1. The second kappa shape index (κ2) is 8.95. The molecule has 1 saturated heterocycles. The zero-order valence-corrected chi connectivity index (χ0v) is 19.3. The van der Waals surface area contributed by atoms with Crippen LogP contribution in [0.5, 0.6) is 5.75 Å². The molecule has 1 aromatic carbocycles. The van der Waals surface area contributed by atoms with Gasteiger partial charge in [-0.15, -0.1) is 0 Å². The molecule has 3 aliphatic rings. The molecule has 1 fully saturated rings. The highest BCUT2D eigenvalue weighted by Gasteiger charge is 2.31. The third-order valence-electron chi connectivity index (χ3n) is 6.36. The van der Waals surface area contributed by atoms with Crippen molar-refractivity contribution in [2.24, 2.45) is 0 Å². The van der Waals surface area contributed by atoms with E-state index in [0.717, 1.165) is 48.4 Å². The minimum Gasteiger partial charge on any atom is -0.496 e. The predicted octanol–water partition coefficient (Wildman–Crippen LogP) is 4.10. The molecule has 0 bridgehead atoms. The molecule has 0 saturated carbocycles. The number of ether oxygens (including phenoxy) is 1. The molecule has 3 unspecified atom stereocenters. The number of hydrogen-bond donors (Lipinski definition) is 1. The number of fused-ring (bicyclic) bond motifs is 1. The van der Waals surface area contributed by atoms with Crippen molar-refractivity contribution in [1.29, 1.82) is 0 Å². The maximum Gasteiger partial charge on any atom is 0.252 e. The van der Waals surface area contributed by atoms with Crippen molar-refractivity contribution in [2.75, 3.05) is 26.7 Å². The van der Waals surface area contributed by atoms with Gasteiger partial charge in [-0.25, -0.2) is 0 Å². The molecule has 1 aromatic rings. The average molecular weight is 426 g/mol. The van der Waals surface area contributed by atoms with Gasteiger partial charge in [0.1, 0.15) is 5.75 Å². The number of benzene rings is 1. The van der Waals surface area contributed by atoms with Crippen LogP contribution in [0.4, 0.5) is 0 Å². The van der Waals surface area contributed by atoms with E-state index in [0.29, 0.717) is 20.5 Å². The zero-order valence-electron chi connectivity index (χ0n) is 18.3. The van der Waals surface area contributed by atoms with E-state index in [1.165, 1.54) is 5.56 Å². The number of carbonyl (C=O) groups is 1. The van der Waals surface area contributed by atoms with Crippen molar-refractivity contribution in [3.05, 3.63) is 59.5 Å². The quantitative estimate of drug-likeness (QED) is 0.722. The molecule has 160 valence electrons. The van der Waals surface area contributed by atoms with E-state index >= 15 is 0 Å². The van der Waals surface area contributed by atoms with Crippen LogP contribution >= 0.6 is 8.58 Å². The first-order valence-electron chi connectivity index (χ1n) is 10.9. The summed E-state index contributed by atoms with van der Waals surface area (Å²) in [6, 6.07) is 6.77. The Labute approximate surface area is 181 Å². The minimum absolute atomic E-state index is 0.0688. The molecule has 1 amide bonds. The molecular formula is C24H32N3O2P. The Morgan fingerprint density at radius 2 is 2.20 bits per heavy atom. The molecule has 4 rings (SSSR count). The highest BCUT2D eigenvalue weighted by atomic mass is 31.1. The summed E-state index contributed by atoms with van der Waals surface area (Å²) in [6.45, 7) is 9.56. The Balaban J connectivity index is 1.59. The van der Waals surface area contributed by atoms with Gasteiger partial charge in [0.15, 0.2) is 0 Å². The van der Waals surface area contributed by atoms with Crippen LogP contribution in [-0.2, 0) is 4.79 Å². The van der Waals surface area contributed by atoms with Crippen molar-refractivity contribution < 1.29 is 9.53 Å². The maximum absolute atomic E-state index is 13.0. The van der Waals surface area contributed by atoms with Gasteiger partial charge >= 0.3 is 0 Å². The van der Waals surface area contributed by atoms with Crippen LogP contribution < -0.4 is 10.1 Å². The number of allylic oxidation sites excluding steroid dienone is 1. The third-order valence-corrected chi connectivity index (χ3v) is 7.87. The van der Waals surface area contributed by atoms with Gasteiger partial charge in [0, 0.05) is 38.0 Å². The average Bonchev–Trinajstić information content (AvgIpc) is 2.78. The first kappa shape index (κ1) is 21.1. The lowest BCUT2D eigenvalue weighted by atomic mass is 9.95. The molecule has 3 heterocycles. The first-order chi connectivity index (χ1) is 14.5. The maximum atomic E-state index is 13.0. The van der Waals surface area contributed by atoms with Crippen molar-refractivity contribution >= 4 is 19.8 Å². The van der Waals surface area contributed by atoms with Crippen molar-refractivity contribution in [1.82, 2.24) is 15.1 Å². The predicted molar refractivity (Wildman–Crippen MR) is 125 cm³/mol. The largest absolute Gasteiger partial charge is 0.496 e. The summed E-state index contributed by atoms with van der Waals surface area (Å²) in [5, 5.41) is 4.56. The Hall–Kier alpha value is -2.10. The fourth-order valence-electron chi connectivity index (χ4n) is 4.33. The summed E-state index contributed by atoms with van der Waals surface area (Å²) in [6.07, 6.45) is 9.33. The summed E-state index contributed by atoms with van der Waals surface area (Å²) in [5.74, 6) is 1.52. The van der Waals surface area contributed by atoms with Gasteiger partial charge in [0.05, 0.1) is 18.6 Å². The van der Waals surface area contributed by atoms with Crippen LogP contribution in [0.3, 0.4) is 0 Å². The molecular weight excluding hydrogens is 393 g/mol. The molecule has 4 atom stereocenters. The number of hydrogen-bond acceptors (Lipinski definition) is 4.